The summed E-state index contributed by atoms with van der Waals surface area (Å²) < 4.78 is 0. The third-order valence-electron chi connectivity index (χ3n) is 4.89. The van der Waals surface area contributed by atoms with Crippen molar-refractivity contribution in [2.45, 2.75) is 32.3 Å². The Hall–Kier alpha value is -0.770. The van der Waals surface area contributed by atoms with Crippen molar-refractivity contribution in [3.05, 3.63) is 28.8 Å². The van der Waals surface area contributed by atoms with Gasteiger partial charge in [-0.2, -0.15) is 0 Å². The number of nitrogens with zero attached hydrogens (tertiary/aromatic N) is 2. The number of piperidine rings is 1. The number of rotatable bonds is 4. The van der Waals surface area contributed by atoms with Crippen LogP contribution in [0.15, 0.2) is 18.2 Å². The number of aliphatic hydroxyl groups is 1. The number of hydrogen-bond acceptors (Lipinski definition) is 3. The van der Waals surface area contributed by atoms with Crippen LogP contribution in [0.25, 0.3) is 0 Å². The molecule has 0 amide bonds. The number of benzene rings is 1. The summed E-state index contributed by atoms with van der Waals surface area (Å²) in [7, 11) is 0. The summed E-state index contributed by atoms with van der Waals surface area (Å²) >= 11 is 6.12. The van der Waals surface area contributed by atoms with Gasteiger partial charge in [0.2, 0.25) is 0 Å². The van der Waals surface area contributed by atoms with E-state index >= 15 is 0 Å². The van der Waals surface area contributed by atoms with Crippen LogP contribution >= 0.6 is 11.6 Å². The van der Waals surface area contributed by atoms with E-state index in [-0.39, 0.29) is 6.61 Å². The predicted molar refractivity (Wildman–Crippen MR) is 88.0 cm³/mol. The first kappa shape index (κ1) is 15.1. The molecule has 0 bridgehead atoms. The van der Waals surface area contributed by atoms with Gasteiger partial charge in [-0.15, -0.1) is 0 Å². The van der Waals surface area contributed by atoms with Crippen molar-refractivity contribution in [2.75, 3.05) is 37.6 Å². The average molecular weight is 309 g/mol. The van der Waals surface area contributed by atoms with Crippen LogP contribution in [0.4, 0.5) is 5.69 Å². The Morgan fingerprint density at radius 3 is 2.48 bits per heavy atom. The van der Waals surface area contributed by atoms with Crippen LogP contribution in [0.3, 0.4) is 0 Å². The molecular formula is C17H25ClN2O. The molecule has 0 aliphatic carbocycles. The van der Waals surface area contributed by atoms with Crippen LogP contribution in [0.2, 0.25) is 5.02 Å². The van der Waals surface area contributed by atoms with Gasteiger partial charge in [-0.1, -0.05) is 17.7 Å². The molecule has 0 atom stereocenters. The Morgan fingerprint density at radius 1 is 1.10 bits per heavy atom. The SMILES string of the molecule is OCc1ccc(Cl)cc1N1CCC(CN2CCCC2)CC1. The molecular weight excluding hydrogens is 284 g/mol. The zero-order valence-electron chi connectivity index (χ0n) is 12.6. The second kappa shape index (κ2) is 6.99. The first-order valence-corrected chi connectivity index (χ1v) is 8.50. The Balaban J connectivity index is 1.59. The van der Waals surface area contributed by atoms with Crippen LogP contribution in [0.1, 0.15) is 31.2 Å². The van der Waals surface area contributed by atoms with Crippen LogP contribution < -0.4 is 4.90 Å². The molecule has 0 radical (unpaired) electrons. The van der Waals surface area contributed by atoms with Crippen LogP contribution in [0.5, 0.6) is 0 Å². The summed E-state index contributed by atoms with van der Waals surface area (Å²) in [5.41, 5.74) is 2.10. The molecule has 4 heteroatoms. The summed E-state index contributed by atoms with van der Waals surface area (Å²) in [5.74, 6) is 0.830. The van der Waals surface area contributed by atoms with E-state index in [1.165, 1.54) is 45.3 Å². The highest BCUT2D eigenvalue weighted by molar-refractivity contribution is 6.30. The van der Waals surface area contributed by atoms with Crippen molar-refractivity contribution in [2.24, 2.45) is 5.92 Å². The minimum Gasteiger partial charge on any atom is -0.392 e. The van der Waals surface area contributed by atoms with Gasteiger partial charge < -0.3 is 14.9 Å². The monoisotopic (exact) mass is 308 g/mol. The topological polar surface area (TPSA) is 26.7 Å². The van der Waals surface area contributed by atoms with Gasteiger partial charge in [0.05, 0.1) is 6.61 Å². The summed E-state index contributed by atoms with van der Waals surface area (Å²) in [6.45, 7) is 6.10. The Bertz CT molecular complexity index is 466. The highest BCUT2D eigenvalue weighted by Crippen LogP contribution is 2.29. The standard InChI is InChI=1S/C17H25ClN2O/c18-16-4-3-15(13-21)17(11-16)20-9-5-14(6-10-20)12-19-7-1-2-8-19/h3-4,11,14,21H,1-2,5-10,12-13H2. The maximum atomic E-state index is 9.51. The van der Waals surface area contributed by atoms with Gasteiger partial charge in [-0.05, 0) is 56.8 Å². The lowest BCUT2D eigenvalue weighted by molar-refractivity contribution is 0.248. The second-order valence-electron chi connectivity index (χ2n) is 6.37. The second-order valence-corrected chi connectivity index (χ2v) is 6.81. The molecule has 0 aromatic heterocycles. The Morgan fingerprint density at radius 2 is 1.81 bits per heavy atom. The van der Waals surface area contributed by atoms with Gasteiger partial charge in [0, 0.05) is 35.9 Å². The van der Waals surface area contributed by atoms with E-state index in [1.54, 1.807) is 0 Å². The molecule has 0 saturated carbocycles. The van der Waals surface area contributed by atoms with Crippen LogP contribution in [-0.4, -0.2) is 42.7 Å². The highest BCUT2D eigenvalue weighted by atomic mass is 35.5. The van der Waals surface area contributed by atoms with Crippen molar-refractivity contribution < 1.29 is 5.11 Å². The quantitative estimate of drug-likeness (QED) is 0.925. The minimum atomic E-state index is 0.0835. The molecule has 3 rings (SSSR count). The molecule has 1 aromatic rings. The van der Waals surface area contributed by atoms with Gasteiger partial charge in [-0.3, -0.25) is 0 Å². The fourth-order valence-corrected chi connectivity index (χ4v) is 3.82. The first-order chi connectivity index (χ1) is 10.3. The van der Waals surface area contributed by atoms with Gasteiger partial charge in [0.15, 0.2) is 0 Å². The Kier molecular flexibility index (Phi) is 5.04. The van der Waals surface area contributed by atoms with Gasteiger partial charge in [0.1, 0.15) is 0 Å². The fraction of sp³-hybridized carbons (Fsp3) is 0.647. The van der Waals surface area contributed by atoms with Crippen molar-refractivity contribution in [1.82, 2.24) is 4.90 Å². The highest BCUT2D eigenvalue weighted by Gasteiger charge is 2.24. The lowest BCUT2D eigenvalue weighted by Crippen LogP contribution is -2.38. The zero-order valence-corrected chi connectivity index (χ0v) is 13.4. The lowest BCUT2D eigenvalue weighted by Gasteiger charge is -2.36. The number of aliphatic hydroxyl groups excluding tert-OH is 1. The summed E-state index contributed by atoms with van der Waals surface area (Å²) in [5, 5.41) is 10.3. The number of halogens is 1. The van der Waals surface area contributed by atoms with Gasteiger partial charge >= 0.3 is 0 Å². The molecule has 2 aliphatic rings. The maximum Gasteiger partial charge on any atom is 0.0702 e. The predicted octanol–water partition coefficient (Wildman–Crippen LogP) is 3.14. The molecule has 3 nitrogen and oxygen atoms in total. The van der Waals surface area contributed by atoms with Crippen molar-refractivity contribution >= 4 is 17.3 Å². The van der Waals surface area contributed by atoms with Crippen LogP contribution in [-0.2, 0) is 6.61 Å². The number of anilines is 1. The van der Waals surface area contributed by atoms with E-state index in [0.29, 0.717) is 0 Å². The van der Waals surface area contributed by atoms with Crippen LogP contribution in [0, 0.1) is 5.92 Å². The fourth-order valence-electron chi connectivity index (χ4n) is 3.65. The molecule has 1 aromatic carbocycles. The third kappa shape index (κ3) is 3.71. The number of likely N-dealkylation sites (tertiary alicyclic amines) is 1. The van der Waals surface area contributed by atoms with Crippen molar-refractivity contribution in [3.63, 3.8) is 0 Å². The van der Waals surface area contributed by atoms with E-state index in [0.717, 1.165) is 35.3 Å². The van der Waals surface area contributed by atoms with E-state index < -0.39 is 0 Å². The largest absolute Gasteiger partial charge is 0.392 e. The van der Waals surface area contributed by atoms with Gasteiger partial charge in [0.25, 0.3) is 0 Å². The first-order valence-electron chi connectivity index (χ1n) is 8.13. The Labute approximate surface area is 132 Å². The molecule has 2 aliphatic heterocycles. The molecule has 21 heavy (non-hydrogen) atoms. The van der Waals surface area contributed by atoms with Crippen molar-refractivity contribution in [1.29, 1.82) is 0 Å². The summed E-state index contributed by atoms with van der Waals surface area (Å²) in [6, 6.07) is 5.79. The summed E-state index contributed by atoms with van der Waals surface area (Å²) in [4.78, 5) is 5.01. The van der Waals surface area contributed by atoms with E-state index in [2.05, 4.69) is 9.80 Å². The maximum absolute atomic E-state index is 9.51. The number of hydrogen-bond donors (Lipinski definition) is 1. The molecule has 0 spiro atoms. The minimum absolute atomic E-state index is 0.0835. The summed E-state index contributed by atoms with van der Waals surface area (Å²) in [6.07, 6.45) is 5.24. The van der Waals surface area contributed by atoms with E-state index in [1.807, 2.05) is 18.2 Å². The average Bonchev–Trinajstić information content (AvgIpc) is 3.01. The molecule has 0 unspecified atom stereocenters. The lowest BCUT2D eigenvalue weighted by atomic mass is 9.95. The molecule has 2 heterocycles. The smallest absolute Gasteiger partial charge is 0.0702 e. The normalized spacial score (nSPS) is 21.1. The van der Waals surface area contributed by atoms with E-state index in [9.17, 15) is 5.11 Å². The van der Waals surface area contributed by atoms with E-state index in [4.69, 9.17) is 11.6 Å². The molecule has 2 saturated heterocycles. The molecule has 116 valence electrons. The zero-order chi connectivity index (χ0) is 14.7. The molecule has 2 fully saturated rings. The molecule has 1 N–H and O–H groups in total. The third-order valence-corrected chi connectivity index (χ3v) is 5.12. The van der Waals surface area contributed by atoms with Crippen molar-refractivity contribution in [3.8, 4) is 0 Å². The van der Waals surface area contributed by atoms with Gasteiger partial charge in [-0.25, -0.2) is 0 Å².